The predicted octanol–water partition coefficient (Wildman–Crippen LogP) is 3.34. The summed E-state index contributed by atoms with van der Waals surface area (Å²) in [6.07, 6.45) is 2.36. The Balaban J connectivity index is 1.80. The van der Waals surface area contributed by atoms with Crippen LogP contribution >= 0.6 is 0 Å². The number of benzene rings is 1. The Bertz CT molecular complexity index is 538. The van der Waals surface area contributed by atoms with Gasteiger partial charge in [-0.05, 0) is 38.0 Å². The fourth-order valence-electron chi connectivity index (χ4n) is 2.54. The molecular weight excluding hydrogens is 228 g/mol. The molecule has 0 aliphatic carbocycles. The van der Waals surface area contributed by atoms with Crippen LogP contribution in [0.15, 0.2) is 28.7 Å². The first-order chi connectivity index (χ1) is 8.72. The Morgan fingerprint density at radius 2 is 2.28 bits per heavy atom. The number of furan rings is 1. The maximum absolute atomic E-state index is 10.2. The molecule has 2 heterocycles. The molecule has 0 amide bonds. The average molecular weight is 246 g/mol. The van der Waals surface area contributed by atoms with E-state index in [1.807, 2.05) is 18.2 Å². The van der Waals surface area contributed by atoms with Crippen molar-refractivity contribution in [3.8, 4) is 0 Å². The molecule has 1 aliphatic rings. The SMILES string of the molecule is Cc1ccc2oc(C(O)CC3CCCO3)cc2c1. The fourth-order valence-corrected chi connectivity index (χ4v) is 2.54. The van der Waals surface area contributed by atoms with Crippen LogP contribution < -0.4 is 0 Å². The van der Waals surface area contributed by atoms with E-state index in [1.165, 1.54) is 5.56 Å². The third-order valence-electron chi connectivity index (χ3n) is 3.53. The van der Waals surface area contributed by atoms with Crippen molar-refractivity contribution in [2.24, 2.45) is 0 Å². The number of ether oxygens (including phenoxy) is 1. The van der Waals surface area contributed by atoms with Crippen LogP contribution in [0.1, 0.15) is 36.7 Å². The first kappa shape index (κ1) is 11.8. The molecule has 3 heteroatoms. The van der Waals surface area contributed by atoms with Crippen LogP contribution in [0.25, 0.3) is 11.0 Å². The lowest BCUT2D eigenvalue weighted by molar-refractivity contribution is 0.0454. The van der Waals surface area contributed by atoms with Gasteiger partial charge in [-0.15, -0.1) is 0 Å². The largest absolute Gasteiger partial charge is 0.458 e. The van der Waals surface area contributed by atoms with E-state index in [0.29, 0.717) is 12.2 Å². The van der Waals surface area contributed by atoms with Crippen molar-refractivity contribution in [2.75, 3.05) is 6.61 Å². The summed E-state index contributed by atoms with van der Waals surface area (Å²) in [5.41, 5.74) is 2.03. The second-order valence-electron chi connectivity index (χ2n) is 5.08. The van der Waals surface area contributed by atoms with Crippen LogP contribution in [-0.4, -0.2) is 17.8 Å². The summed E-state index contributed by atoms with van der Waals surface area (Å²) in [4.78, 5) is 0. The van der Waals surface area contributed by atoms with Gasteiger partial charge in [0.05, 0.1) is 6.10 Å². The highest BCUT2D eigenvalue weighted by Gasteiger charge is 2.22. The second-order valence-corrected chi connectivity index (χ2v) is 5.08. The molecule has 2 aromatic rings. The maximum atomic E-state index is 10.2. The van der Waals surface area contributed by atoms with Gasteiger partial charge in [-0.25, -0.2) is 0 Å². The van der Waals surface area contributed by atoms with Crippen molar-refractivity contribution in [1.29, 1.82) is 0 Å². The van der Waals surface area contributed by atoms with Crippen LogP contribution in [-0.2, 0) is 4.74 Å². The molecule has 1 N–H and O–H groups in total. The summed E-state index contributed by atoms with van der Waals surface area (Å²) < 4.78 is 11.2. The Morgan fingerprint density at radius 3 is 3.06 bits per heavy atom. The van der Waals surface area contributed by atoms with Crippen LogP contribution in [0.5, 0.6) is 0 Å². The molecule has 96 valence electrons. The van der Waals surface area contributed by atoms with Gasteiger partial charge in [0, 0.05) is 18.4 Å². The highest BCUT2D eigenvalue weighted by atomic mass is 16.5. The predicted molar refractivity (Wildman–Crippen MR) is 69.5 cm³/mol. The second kappa shape index (κ2) is 4.75. The highest BCUT2D eigenvalue weighted by molar-refractivity contribution is 5.78. The quantitative estimate of drug-likeness (QED) is 0.903. The number of fused-ring (bicyclic) bond motifs is 1. The normalized spacial score (nSPS) is 21.6. The minimum Gasteiger partial charge on any atom is -0.458 e. The monoisotopic (exact) mass is 246 g/mol. The molecule has 0 bridgehead atoms. The summed E-state index contributed by atoms with van der Waals surface area (Å²) in [7, 11) is 0. The summed E-state index contributed by atoms with van der Waals surface area (Å²) in [6.45, 7) is 2.87. The number of hydrogen-bond donors (Lipinski definition) is 1. The molecule has 0 saturated carbocycles. The van der Waals surface area contributed by atoms with Crippen LogP contribution in [0.3, 0.4) is 0 Å². The average Bonchev–Trinajstić information content (AvgIpc) is 2.96. The molecule has 1 aliphatic heterocycles. The van der Waals surface area contributed by atoms with E-state index in [4.69, 9.17) is 9.15 Å². The zero-order valence-electron chi connectivity index (χ0n) is 10.6. The van der Waals surface area contributed by atoms with Crippen molar-refractivity contribution >= 4 is 11.0 Å². The molecule has 0 radical (unpaired) electrons. The standard InChI is InChI=1S/C15H18O3/c1-10-4-5-14-11(7-10)8-15(18-14)13(16)9-12-3-2-6-17-12/h4-5,7-8,12-13,16H,2-3,6,9H2,1H3. The number of aliphatic hydroxyl groups excluding tert-OH is 1. The van der Waals surface area contributed by atoms with Gasteiger partial charge < -0.3 is 14.3 Å². The van der Waals surface area contributed by atoms with E-state index in [1.54, 1.807) is 0 Å². The van der Waals surface area contributed by atoms with Crippen LogP contribution in [0.4, 0.5) is 0 Å². The third-order valence-corrected chi connectivity index (χ3v) is 3.53. The minimum atomic E-state index is -0.569. The van der Waals surface area contributed by atoms with E-state index in [0.717, 1.165) is 30.4 Å². The zero-order valence-corrected chi connectivity index (χ0v) is 10.6. The van der Waals surface area contributed by atoms with E-state index in [2.05, 4.69) is 13.0 Å². The molecule has 3 nitrogen and oxygen atoms in total. The number of rotatable bonds is 3. The Kier molecular flexibility index (Phi) is 3.10. The lowest BCUT2D eigenvalue weighted by Gasteiger charge is -2.12. The molecule has 0 spiro atoms. The Labute approximate surface area is 106 Å². The van der Waals surface area contributed by atoms with Gasteiger partial charge >= 0.3 is 0 Å². The summed E-state index contributed by atoms with van der Waals surface area (Å²) in [6, 6.07) is 7.97. The molecule has 3 rings (SSSR count). The Morgan fingerprint density at radius 1 is 1.39 bits per heavy atom. The van der Waals surface area contributed by atoms with E-state index < -0.39 is 6.10 Å². The molecule has 18 heavy (non-hydrogen) atoms. The lowest BCUT2D eigenvalue weighted by Crippen LogP contribution is -2.10. The molecule has 1 aromatic heterocycles. The van der Waals surface area contributed by atoms with Crippen molar-refractivity contribution < 1.29 is 14.3 Å². The van der Waals surface area contributed by atoms with Gasteiger partial charge in [0.25, 0.3) is 0 Å². The van der Waals surface area contributed by atoms with Crippen molar-refractivity contribution in [1.82, 2.24) is 0 Å². The van der Waals surface area contributed by atoms with Gasteiger partial charge in [-0.1, -0.05) is 11.6 Å². The highest BCUT2D eigenvalue weighted by Crippen LogP contribution is 2.29. The first-order valence-electron chi connectivity index (χ1n) is 6.52. The van der Waals surface area contributed by atoms with Gasteiger partial charge in [0.2, 0.25) is 0 Å². The molecule has 2 unspecified atom stereocenters. The van der Waals surface area contributed by atoms with Crippen molar-refractivity contribution in [3.63, 3.8) is 0 Å². The minimum absolute atomic E-state index is 0.176. The lowest BCUT2D eigenvalue weighted by atomic mass is 10.1. The maximum Gasteiger partial charge on any atom is 0.134 e. The van der Waals surface area contributed by atoms with Gasteiger partial charge in [0.1, 0.15) is 17.4 Å². The summed E-state index contributed by atoms with van der Waals surface area (Å²) in [5.74, 6) is 0.645. The topological polar surface area (TPSA) is 42.6 Å². The van der Waals surface area contributed by atoms with Crippen molar-refractivity contribution in [3.05, 3.63) is 35.6 Å². The van der Waals surface area contributed by atoms with E-state index >= 15 is 0 Å². The number of aliphatic hydroxyl groups is 1. The molecule has 1 saturated heterocycles. The molecule has 1 fully saturated rings. The van der Waals surface area contributed by atoms with Crippen LogP contribution in [0, 0.1) is 6.92 Å². The number of hydrogen-bond acceptors (Lipinski definition) is 3. The molecule has 1 aromatic carbocycles. The summed E-state index contributed by atoms with van der Waals surface area (Å²) >= 11 is 0. The van der Waals surface area contributed by atoms with E-state index in [-0.39, 0.29) is 6.10 Å². The van der Waals surface area contributed by atoms with Gasteiger partial charge in [-0.3, -0.25) is 0 Å². The summed E-state index contributed by atoms with van der Waals surface area (Å²) in [5, 5.41) is 11.2. The molecule has 2 atom stereocenters. The number of aryl methyl sites for hydroxylation is 1. The third kappa shape index (κ3) is 2.28. The Hall–Kier alpha value is -1.32. The first-order valence-corrected chi connectivity index (χ1v) is 6.52. The van der Waals surface area contributed by atoms with E-state index in [9.17, 15) is 5.11 Å². The molecular formula is C15H18O3. The van der Waals surface area contributed by atoms with Crippen LogP contribution in [0.2, 0.25) is 0 Å². The van der Waals surface area contributed by atoms with Gasteiger partial charge in [0.15, 0.2) is 0 Å². The smallest absolute Gasteiger partial charge is 0.134 e. The fraction of sp³-hybridized carbons (Fsp3) is 0.467. The van der Waals surface area contributed by atoms with Gasteiger partial charge in [-0.2, -0.15) is 0 Å². The van der Waals surface area contributed by atoms with Crippen molar-refractivity contribution in [2.45, 2.75) is 38.4 Å². The zero-order chi connectivity index (χ0) is 12.5.